The molecule has 0 aromatic carbocycles. The van der Waals surface area contributed by atoms with Crippen LogP contribution in [0, 0.1) is 0 Å². The molecular weight excluding hydrogens is 150 g/mol. The molecule has 0 unspecified atom stereocenters. The lowest BCUT2D eigenvalue weighted by atomic mass is 10.1. The number of nitrogens with zero attached hydrogens (tertiary/aromatic N) is 1. The van der Waals surface area contributed by atoms with Crippen LogP contribution in [0.5, 0.6) is 0 Å². The molecule has 0 spiro atoms. The molecule has 0 heterocycles. The molecule has 0 aliphatic rings. The maximum Gasteiger partial charge on any atom is 0.312 e. The van der Waals surface area contributed by atoms with Crippen LogP contribution in [-0.4, -0.2) is 24.4 Å². The van der Waals surface area contributed by atoms with Gasteiger partial charge in [0, 0.05) is 13.1 Å². The van der Waals surface area contributed by atoms with Gasteiger partial charge >= 0.3 is 6.41 Å². The first-order valence-electron chi connectivity index (χ1n) is 4.97. The van der Waals surface area contributed by atoms with Crippen molar-refractivity contribution in [1.82, 2.24) is 4.90 Å². The van der Waals surface area contributed by atoms with Gasteiger partial charge in [-0.2, -0.15) is 0 Å². The lowest BCUT2D eigenvalue weighted by Gasteiger charge is -2.12. The monoisotopic (exact) mass is 170 g/mol. The lowest BCUT2D eigenvalue weighted by molar-refractivity contribution is 0.382. The Morgan fingerprint density at radius 1 is 1.08 bits per heavy atom. The summed E-state index contributed by atoms with van der Waals surface area (Å²) < 4.78 is 0. The molecule has 1 radical (unpaired) electrons. The van der Waals surface area contributed by atoms with Crippen LogP contribution in [0.2, 0.25) is 0 Å². The number of unbranched alkanes of at least 4 members (excludes halogenated alkanes) is 4. The fourth-order valence-electron chi connectivity index (χ4n) is 1.17. The van der Waals surface area contributed by atoms with E-state index in [2.05, 4.69) is 6.92 Å². The zero-order valence-corrected chi connectivity index (χ0v) is 8.31. The van der Waals surface area contributed by atoms with Gasteiger partial charge in [-0.05, 0) is 13.3 Å². The van der Waals surface area contributed by atoms with Crippen LogP contribution in [0.3, 0.4) is 0 Å². The summed E-state index contributed by atoms with van der Waals surface area (Å²) in [5, 5.41) is 0. The highest BCUT2D eigenvalue weighted by Gasteiger charge is 1.97. The van der Waals surface area contributed by atoms with E-state index >= 15 is 0 Å². The Balaban J connectivity index is 3.12. The zero-order valence-electron chi connectivity index (χ0n) is 8.31. The summed E-state index contributed by atoms with van der Waals surface area (Å²) in [5.41, 5.74) is 0. The molecule has 0 bridgehead atoms. The molecule has 0 N–H and O–H groups in total. The van der Waals surface area contributed by atoms with E-state index in [1.165, 1.54) is 25.7 Å². The first kappa shape index (κ1) is 11.5. The number of hydrogen-bond donors (Lipinski definition) is 0. The Labute approximate surface area is 75.9 Å². The van der Waals surface area contributed by atoms with Gasteiger partial charge < -0.3 is 4.90 Å². The minimum absolute atomic E-state index is 0.789. The summed E-state index contributed by atoms with van der Waals surface area (Å²) in [6.07, 6.45) is 8.19. The Kier molecular flexibility index (Phi) is 8.19. The maximum absolute atomic E-state index is 10.3. The molecule has 0 aliphatic heterocycles. The standard InChI is InChI=1S/C10H20NO/c1-3-5-6-7-8-9-11(4-2)10-12/h3-9H2,1-2H3. The van der Waals surface area contributed by atoms with Gasteiger partial charge in [-0.1, -0.05) is 32.6 Å². The lowest BCUT2D eigenvalue weighted by Crippen LogP contribution is -2.22. The van der Waals surface area contributed by atoms with Gasteiger partial charge in [0.1, 0.15) is 0 Å². The van der Waals surface area contributed by atoms with Gasteiger partial charge in [0.2, 0.25) is 0 Å². The van der Waals surface area contributed by atoms with Crippen molar-refractivity contribution in [3.63, 3.8) is 0 Å². The van der Waals surface area contributed by atoms with E-state index in [1.807, 2.05) is 13.3 Å². The normalized spacial score (nSPS) is 9.83. The summed E-state index contributed by atoms with van der Waals surface area (Å²) in [5.74, 6) is 0. The van der Waals surface area contributed by atoms with Crippen molar-refractivity contribution >= 4 is 6.41 Å². The number of hydrogen-bond acceptors (Lipinski definition) is 1. The van der Waals surface area contributed by atoms with Gasteiger partial charge in [-0.3, -0.25) is 4.79 Å². The molecule has 0 aromatic heterocycles. The van der Waals surface area contributed by atoms with Gasteiger partial charge in [0.05, 0.1) is 0 Å². The first-order valence-corrected chi connectivity index (χ1v) is 4.97. The van der Waals surface area contributed by atoms with Gasteiger partial charge in [0.15, 0.2) is 0 Å². The van der Waals surface area contributed by atoms with Crippen molar-refractivity contribution in [2.45, 2.75) is 46.0 Å². The molecular formula is C10H20NO. The molecule has 0 fully saturated rings. The third-order valence-electron chi connectivity index (χ3n) is 2.04. The summed E-state index contributed by atoms with van der Waals surface area (Å²) in [7, 11) is 0. The molecule has 1 amide bonds. The van der Waals surface area contributed by atoms with Crippen molar-refractivity contribution in [2.75, 3.05) is 13.1 Å². The van der Waals surface area contributed by atoms with Crippen molar-refractivity contribution in [1.29, 1.82) is 0 Å². The van der Waals surface area contributed by atoms with Gasteiger partial charge in [0.25, 0.3) is 0 Å². The molecule has 0 aliphatic carbocycles. The molecule has 0 aromatic rings. The number of carbonyl (C=O) groups excluding carboxylic acids is 1. The van der Waals surface area contributed by atoms with E-state index in [4.69, 9.17) is 0 Å². The molecule has 2 nitrogen and oxygen atoms in total. The minimum atomic E-state index is 0.789. The largest absolute Gasteiger partial charge is 0.335 e. The molecule has 0 saturated carbocycles. The second-order valence-electron chi connectivity index (χ2n) is 3.09. The van der Waals surface area contributed by atoms with Crippen molar-refractivity contribution in [3.05, 3.63) is 0 Å². The van der Waals surface area contributed by atoms with E-state index in [0.29, 0.717) is 0 Å². The third kappa shape index (κ3) is 6.20. The van der Waals surface area contributed by atoms with Crippen molar-refractivity contribution in [3.8, 4) is 0 Å². The number of rotatable bonds is 8. The molecule has 71 valence electrons. The summed E-state index contributed by atoms with van der Waals surface area (Å²) in [4.78, 5) is 12.0. The van der Waals surface area contributed by atoms with Crippen LogP contribution >= 0.6 is 0 Å². The molecule has 0 rings (SSSR count). The van der Waals surface area contributed by atoms with E-state index in [0.717, 1.165) is 19.5 Å². The maximum atomic E-state index is 10.3. The van der Waals surface area contributed by atoms with E-state index in [-0.39, 0.29) is 0 Å². The second kappa shape index (κ2) is 8.57. The minimum Gasteiger partial charge on any atom is -0.335 e. The first-order chi connectivity index (χ1) is 5.85. The van der Waals surface area contributed by atoms with Gasteiger partial charge in [-0.15, -0.1) is 0 Å². The fraction of sp³-hybridized carbons (Fsp3) is 0.900. The molecule has 0 saturated heterocycles. The van der Waals surface area contributed by atoms with E-state index < -0.39 is 0 Å². The molecule has 12 heavy (non-hydrogen) atoms. The van der Waals surface area contributed by atoms with Crippen LogP contribution < -0.4 is 0 Å². The Morgan fingerprint density at radius 3 is 2.25 bits per heavy atom. The van der Waals surface area contributed by atoms with E-state index in [1.54, 1.807) is 4.90 Å². The van der Waals surface area contributed by atoms with E-state index in [9.17, 15) is 4.79 Å². The van der Waals surface area contributed by atoms with Crippen LogP contribution in [0.15, 0.2) is 0 Å². The van der Waals surface area contributed by atoms with Crippen LogP contribution in [0.25, 0.3) is 0 Å². The van der Waals surface area contributed by atoms with Crippen molar-refractivity contribution < 1.29 is 4.79 Å². The quantitative estimate of drug-likeness (QED) is 0.404. The Hall–Kier alpha value is -0.530. The summed E-state index contributed by atoms with van der Waals surface area (Å²) >= 11 is 0. The highest BCUT2D eigenvalue weighted by molar-refractivity contribution is 5.47. The Morgan fingerprint density at radius 2 is 1.75 bits per heavy atom. The second-order valence-corrected chi connectivity index (χ2v) is 3.09. The van der Waals surface area contributed by atoms with Crippen LogP contribution in [0.1, 0.15) is 46.0 Å². The highest BCUT2D eigenvalue weighted by atomic mass is 16.1. The van der Waals surface area contributed by atoms with Gasteiger partial charge in [-0.25, -0.2) is 0 Å². The predicted molar refractivity (Wildman–Crippen MR) is 51.7 cm³/mol. The van der Waals surface area contributed by atoms with Crippen LogP contribution in [-0.2, 0) is 4.79 Å². The highest BCUT2D eigenvalue weighted by Crippen LogP contribution is 2.02. The van der Waals surface area contributed by atoms with Crippen LogP contribution in [0.4, 0.5) is 0 Å². The number of amides is 1. The predicted octanol–water partition coefficient (Wildman–Crippen LogP) is 2.35. The molecule has 2 heteroatoms. The summed E-state index contributed by atoms with van der Waals surface area (Å²) in [6, 6.07) is 0. The zero-order chi connectivity index (χ0) is 9.23. The Bertz CT molecular complexity index is 104. The molecule has 0 atom stereocenters. The smallest absolute Gasteiger partial charge is 0.312 e. The topological polar surface area (TPSA) is 20.3 Å². The summed E-state index contributed by atoms with van der Waals surface area (Å²) in [6.45, 7) is 5.86. The SMILES string of the molecule is CCCCCCCN([C]=O)CC. The average molecular weight is 170 g/mol. The van der Waals surface area contributed by atoms with Crippen molar-refractivity contribution in [2.24, 2.45) is 0 Å². The fourth-order valence-corrected chi connectivity index (χ4v) is 1.17. The average Bonchev–Trinajstić information content (AvgIpc) is 2.11. The third-order valence-corrected chi connectivity index (χ3v) is 2.04.